The molecule has 0 atom stereocenters. The van der Waals surface area contributed by atoms with Crippen molar-refractivity contribution >= 4 is 22.3 Å². The number of aromatic nitrogens is 1. The fraction of sp³-hybridized carbons (Fsp3) is 0.250. The van der Waals surface area contributed by atoms with Crippen LogP contribution in [0.5, 0.6) is 5.75 Å². The third kappa shape index (κ3) is 3.77. The summed E-state index contributed by atoms with van der Waals surface area (Å²) in [5.41, 5.74) is 9.78. The predicted molar refractivity (Wildman–Crippen MR) is 100 cm³/mol. The molecule has 3 N–H and O–H groups in total. The molecule has 0 saturated carbocycles. The second-order valence-corrected chi connectivity index (χ2v) is 5.82. The van der Waals surface area contributed by atoms with Gasteiger partial charge in [0, 0.05) is 11.9 Å². The lowest BCUT2D eigenvalue weighted by Crippen LogP contribution is -2.05. The number of fused-ring (bicyclic) bond motifs is 1. The minimum absolute atomic E-state index is 0.542. The van der Waals surface area contributed by atoms with Crippen molar-refractivity contribution < 1.29 is 4.74 Å². The van der Waals surface area contributed by atoms with Gasteiger partial charge in [-0.1, -0.05) is 43.7 Å². The molecule has 0 bridgehead atoms. The molecule has 0 amide bonds. The lowest BCUT2D eigenvalue weighted by atomic mass is 10.1. The lowest BCUT2D eigenvalue weighted by molar-refractivity contribution is 0.306. The van der Waals surface area contributed by atoms with Gasteiger partial charge in [-0.15, -0.1) is 0 Å². The quantitative estimate of drug-likeness (QED) is 0.624. The molecular formula is C20H23N3O. The molecule has 0 fully saturated rings. The van der Waals surface area contributed by atoms with Gasteiger partial charge in [0.25, 0.3) is 0 Å². The molecular weight excluding hydrogens is 298 g/mol. The fourth-order valence-corrected chi connectivity index (χ4v) is 2.61. The number of pyridine rings is 1. The molecule has 0 saturated heterocycles. The third-order valence-electron chi connectivity index (χ3n) is 3.95. The number of nitrogens with one attached hydrogen (secondary N) is 1. The van der Waals surface area contributed by atoms with Crippen molar-refractivity contribution in [3.63, 3.8) is 0 Å². The van der Waals surface area contributed by atoms with Gasteiger partial charge in [0.1, 0.15) is 12.4 Å². The minimum atomic E-state index is 0.542. The molecule has 4 nitrogen and oxygen atoms in total. The molecule has 4 heteroatoms. The van der Waals surface area contributed by atoms with Crippen molar-refractivity contribution in [3.8, 4) is 5.75 Å². The number of ether oxygens (including phenoxy) is 1. The van der Waals surface area contributed by atoms with E-state index in [1.807, 2.05) is 36.4 Å². The highest BCUT2D eigenvalue weighted by atomic mass is 16.5. The molecule has 1 aromatic heterocycles. The van der Waals surface area contributed by atoms with Crippen molar-refractivity contribution in [3.05, 3.63) is 60.3 Å². The maximum absolute atomic E-state index is 6.12. The summed E-state index contributed by atoms with van der Waals surface area (Å²) in [6, 6.07) is 16.1. The van der Waals surface area contributed by atoms with Crippen LogP contribution in [0.15, 0.2) is 54.7 Å². The monoisotopic (exact) mass is 321 g/mol. The molecule has 0 aliphatic carbocycles. The van der Waals surface area contributed by atoms with Gasteiger partial charge in [-0.2, -0.15) is 0 Å². The van der Waals surface area contributed by atoms with Gasteiger partial charge in [0.2, 0.25) is 0 Å². The van der Waals surface area contributed by atoms with Crippen LogP contribution in [-0.4, -0.2) is 11.5 Å². The topological polar surface area (TPSA) is 60.2 Å². The summed E-state index contributed by atoms with van der Waals surface area (Å²) >= 11 is 0. The predicted octanol–water partition coefficient (Wildman–Crippen LogP) is 4.61. The summed E-state index contributed by atoms with van der Waals surface area (Å²) in [7, 11) is 0. The van der Waals surface area contributed by atoms with Crippen LogP contribution >= 0.6 is 0 Å². The number of nitrogen functional groups attached to an aromatic ring is 1. The number of anilines is 2. The van der Waals surface area contributed by atoms with E-state index in [1.165, 1.54) is 0 Å². The van der Waals surface area contributed by atoms with Crippen LogP contribution in [-0.2, 0) is 6.61 Å². The van der Waals surface area contributed by atoms with Crippen LogP contribution in [0.4, 0.5) is 11.4 Å². The van der Waals surface area contributed by atoms with Crippen LogP contribution in [0.25, 0.3) is 10.9 Å². The Hall–Kier alpha value is -2.75. The van der Waals surface area contributed by atoms with E-state index < -0.39 is 0 Å². The molecule has 2 aromatic carbocycles. The lowest BCUT2D eigenvalue weighted by Gasteiger charge is -2.13. The van der Waals surface area contributed by atoms with E-state index in [-0.39, 0.29) is 0 Å². The fourth-order valence-electron chi connectivity index (χ4n) is 2.61. The number of hydrogen-bond donors (Lipinski definition) is 2. The van der Waals surface area contributed by atoms with E-state index in [4.69, 9.17) is 10.5 Å². The zero-order valence-electron chi connectivity index (χ0n) is 14.0. The van der Waals surface area contributed by atoms with Gasteiger partial charge in [-0.25, -0.2) is 0 Å². The zero-order valence-corrected chi connectivity index (χ0v) is 14.0. The van der Waals surface area contributed by atoms with Crippen LogP contribution in [0.1, 0.15) is 25.3 Å². The average molecular weight is 321 g/mol. The molecule has 124 valence electrons. The van der Waals surface area contributed by atoms with Gasteiger partial charge in [-0.05, 0) is 30.2 Å². The Kier molecular flexibility index (Phi) is 5.16. The molecule has 1 heterocycles. The van der Waals surface area contributed by atoms with E-state index in [0.717, 1.165) is 47.3 Å². The molecule has 0 radical (unpaired) electrons. The van der Waals surface area contributed by atoms with E-state index >= 15 is 0 Å². The van der Waals surface area contributed by atoms with E-state index in [2.05, 4.69) is 29.4 Å². The summed E-state index contributed by atoms with van der Waals surface area (Å²) in [5.74, 6) is 0.817. The van der Waals surface area contributed by atoms with E-state index in [0.29, 0.717) is 12.3 Å². The van der Waals surface area contributed by atoms with Crippen LogP contribution in [0.3, 0.4) is 0 Å². The molecule has 0 unspecified atom stereocenters. The maximum Gasteiger partial charge on any atom is 0.120 e. The Morgan fingerprint density at radius 1 is 1.12 bits per heavy atom. The number of nitrogens with zero attached hydrogens (tertiary/aromatic N) is 1. The van der Waals surface area contributed by atoms with Crippen molar-refractivity contribution in [1.29, 1.82) is 0 Å². The van der Waals surface area contributed by atoms with Gasteiger partial charge >= 0.3 is 0 Å². The number of unbranched alkanes of at least 4 members (excludes halogenated alkanes) is 1. The van der Waals surface area contributed by atoms with Gasteiger partial charge < -0.3 is 15.8 Å². The first-order chi connectivity index (χ1) is 11.8. The molecule has 24 heavy (non-hydrogen) atoms. The third-order valence-corrected chi connectivity index (χ3v) is 3.95. The largest absolute Gasteiger partial charge is 0.489 e. The summed E-state index contributed by atoms with van der Waals surface area (Å²) in [6.45, 7) is 3.61. The number of hydrogen-bond acceptors (Lipinski definition) is 4. The number of benzene rings is 2. The molecule has 0 aliphatic rings. The molecule has 0 aliphatic heterocycles. The number of nitrogens with two attached hydrogens (primary N) is 1. The van der Waals surface area contributed by atoms with E-state index in [1.54, 1.807) is 6.20 Å². The second-order valence-electron chi connectivity index (χ2n) is 5.82. The zero-order chi connectivity index (χ0) is 16.8. The van der Waals surface area contributed by atoms with Gasteiger partial charge in [0.15, 0.2) is 0 Å². The SMILES string of the molecule is CCCCNc1c(N)cnc2ccc(OCc3ccccc3)cc12. The molecule has 3 aromatic rings. The van der Waals surface area contributed by atoms with Crippen molar-refractivity contribution in [1.82, 2.24) is 4.98 Å². The Labute approximate surface area is 142 Å². The summed E-state index contributed by atoms with van der Waals surface area (Å²) in [4.78, 5) is 4.41. The first-order valence-corrected chi connectivity index (χ1v) is 8.36. The maximum atomic E-state index is 6.12. The Bertz CT molecular complexity index is 803. The summed E-state index contributed by atoms with van der Waals surface area (Å²) < 4.78 is 5.92. The van der Waals surface area contributed by atoms with Gasteiger partial charge in [0.05, 0.1) is 23.1 Å². The standard InChI is InChI=1S/C20H23N3O/c1-2-3-11-22-20-17-12-16(9-10-19(17)23-13-18(20)21)24-14-15-7-5-4-6-8-15/h4-10,12-13H,2-3,11,14,21H2,1H3,(H,22,23). The highest BCUT2D eigenvalue weighted by Gasteiger charge is 2.08. The van der Waals surface area contributed by atoms with Crippen LogP contribution < -0.4 is 15.8 Å². The first-order valence-electron chi connectivity index (χ1n) is 8.36. The molecule has 0 spiro atoms. The van der Waals surface area contributed by atoms with Crippen LogP contribution in [0.2, 0.25) is 0 Å². The van der Waals surface area contributed by atoms with Crippen molar-refractivity contribution in [2.75, 3.05) is 17.6 Å². The minimum Gasteiger partial charge on any atom is -0.489 e. The molecule has 3 rings (SSSR count). The Morgan fingerprint density at radius 3 is 2.75 bits per heavy atom. The van der Waals surface area contributed by atoms with Gasteiger partial charge in [-0.3, -0.25) is 4.98 Å². The van der Waals surface area contributed by atoms with Crippen LogP contribution in [0, 0.1) is 0 Å². The second kappa shape index (κ2) is 7.68. The van der Waals surface area contributed by atoms with Crippen molar-refractivity contribution in [2.45, 2.75) is 26.4 Å². The number of rotatable bonds is 7. The normalized spacial score (nSPS) is 10.7. The summed E-state index contributed by atoms with van der Waals surface area (Å²) in [6.07, 6.45) is 3.95. The summed E-state index contributed by atoms with van der Waals surface area (Å²) in [5, 5.41) is 4.43. The van der Waals surface area contributed by atoms with Crippen molar-refractivity contribution in [2.24, 2.45) is 0 Å². The highest BCUT2D eigenvalue weighted by Crippen LogP contribution is 2.31. The van der Waals surface area contributed by atoms with E-state index in [9.17, 15) is 0 Å². The average Bonchev–Trinajstić information content (AvgIpc) is 2.63. The highest BCUT2D eigenvalue weighted by molar-refractivity contribution is 5.97. The first kappa shape index (κ1) is 16.1. The smallest absolute Gasteiger partial charge is 0.120 e. The Morgan fingerprint density at radius 2 is 1.96 bits per heavy atom. The Balaban J connectivity index is 1.84.